The molecule has 0 aromatic heterocycles. The number of cyclic esters (lactones) is 1. The molecule has 3 rings (SSSR count). The summed E-state index contributed by atoms with van der Waals surface area (Å²) in [4.78, 5) is 11.6. The maximum Gasteiger partial charge on any atom is 0.484 e. The molecule has 1 unspecified atom stereocenters. The van der Waals surface area contributed by atoms with E-state index >= 15 is 0 Å². The van der Waals surface area contributed by atoms with Gasteiger partial charge in [0.25, 0.3) is 0 Å². The average Bonchev–Trinajstić information content (AvgIpc) is 2.73. The molecule has 2 saturated heterocycles. The van der Waals surface area contributed by atoms with Crippen LogP contribution in [0.3, 0.4) is 0 Å². The summed E-state index contributed by atoms with van der Waals surface area (Å²) in [6, 6.07) is 8.69. The molecule has 0 bridgehead atoms. The Morgan fingerprint density at radius 2 is 1.55 bits per heavy atom. The Kier molecular flexibility index (Phi) is 2.69. The molecule has 5 nitrogen and oxygen atoms in total. The smallest absolute Gasteiger partial charge is 0.484 e. The monoisotopic (exact) mass is 277 g/mol. The van der Waals surface area contributed by atoms with Crippen molar-refractivity contribution in [3.05, 3.63) is 35.9 Å². The van der Waals surface area contributed by atoms with Gasteiger partial charge in [0, 0.05) is 11.2 Å². The van der Waals surface area contributed by atoms with Gasteiger partial charge in [-0.2, -0.15) is 0 Å². The van der Waals surface area contributed by atoms with Crippen LogP contribution in [0.1, 0.15) is 39.3 Å². The van der Waals surface area contributed by atoms with Gasteiger partial charge in [-0.25, -0.2) is 4.79 Å². The van der Waals surface area contributed by atoms with Crippen LogP contribution in [0, 0.1) is 0 Å². The topological polar surface area (TPSA) is 54.0 Å². The van der Waals surface area contributed by atoms with Crippen molar-refractivity contribution < 1.29 is 23.5 Å². The maximum atomic E-state index is 11.6. The van der Waals surface area contributed by atoms with Crippen molar-refractivity contribution in [2.45, 2.75) is 44.9 Å². The number of benzene rings is 1. The standard InChI is InChI=1S/C14H18BO5/c1-13(2)14(3,4)20-15(19-13)11(17-12(16)18-15)10-8-6-5-7-9-10/h5-9,11H,1-4H3/q-1. The highest BCUT2D eigenvalue weighted by molar-refractivity contribution is 6.65. The van der Waals surface area contributed by atoms with E-state index in [2.05, 4.69) is 0 Å². The Morgan fingerprint density at radius 1 is 1.00 bits per heavy atom. The number of rotatable bonds is 1. The predicted molar refractivity (Wildman–Crippen MR) is 72.8 cm³/mol. The lowest BCUT2D eigenvalue weighted by Gasteiger charge is -2.36. The Morgan fingerprint density at radius 3 is 2.10 bits per heavy atom. The highest BCUT2D eigenvalue weighted by Crippen LogP contribution is 2.50. The normalized spacial score (nSPS) is 29.2. The molecule has 0 N–H and O–H groups in total. The number of ether oxygens (including phenoxy) is 1. The van der Waals surface area contributed by atoms with Crippen molar-refractivity contribution in [3.63, 3.8) is 0 Å². The van der Waals surface area contributed by atoms with Crippen LogP contribution in [0.4, 0.5) is 4.79 Å². The van der Waals surface area contributed by atoms with Crippen molar-refractivity contribution >= 4 is 12.9 Å². The molecule has 0 saturated carbocycles. The van der Waals surface area contributed by atoms with Gasteiger partial charge in [0.05, 0.1) is 0 Å². The van der Waals surface area contributed by atoms with E-state index in [1.807, 2.05) is 58.0 Å². The van der Waals surface area contributed by atoms with Crippen molar-refractivity contribution in [3.8, 4) is 0 Å². The molecular formula is C14H18BO5-. The fourth-order valence-electron chi connectivity index (χ4n) is 2.66. The van der Waals surface area contributed by atoms with E-state index in [0.29, 0.717) is 0 Å². The van der Waals surface area contributed by atoms with Crippen molar-refractivity contribution in [1.82, 2.24) is 0 Å². The molecule has 108 valence electrons. The Balaban J connectivity index is 2.02. The molecule has 1 aromatic rings. The Bertz CT molecular complexity index is 524. The first-order valence-corrected chi connectivity index (χ1v) is 6.75. The Hall–Kier alpha value is -1.53. The molecule has 1 spiro atoms. The average molecular weight is 277 g/mol. The van der Waals surface area contributed by atoms with E-state index in [0.717, 1.165) is 5.56 Å². The number of carbonyl (C=O) groups excluding carboxylic acids is 1. The highest BCUT2D eigenvalue weighted by atomic mass is 16.9. The molecule has 2 aliphatic rings. The first kappa shape index (κ1) is 13.5. The first-order chi connectivity index (χ1) is 9.26. The Labute approximate surface area is 118 Å². The molecule has 0 aliphatic carbocycles. The summed E-state index contributed by atoms with van der Waals surface area (Å²) in [5.41, 5.74) is -0.381. The molecule has 2 heterocycles. The van der Waals surface area contributed by atoms with E-state index in [1.165, 1.54) is 0 Å². The van der Waals surface area contributed by atoms with Crippen LogP contribution in [-0.2, 0) is 18.7 Å². The lowest BCUT2D eigenvalue weighted by molar-refractivity contribution is 0.00578. The minimum atomic E-state index is -2.30. The molecule has 2 fully saturated rings. The number of carbonyl (C=O) groups is 1. The predicted octanol–water partition coefficient (Wildman–Crippen LogP) is 2.98. The summed E-state index contributed by atoms with van der Waals surface area (Å²) in [5, 5.41) is 0. The molecule has 6 heteroatoms. The van der Waals surface area contributed by atoms with Gasteiger partial charge in [-0.1, -0.05) is 30.3 Å². The van der Waals surface area contributed by atoms with Crippen molar-refractivity contribution in [2.75, 3.05) is 0 Å². The van der Waals surface area contributed by atoms with Gasteiger partial charge in [-0.3, -0.25) is 0 Å². The third kappa shape index (κ3) is 1.83. The van der Waals surface area contributed by atoms with Gasteiger partial charge in [0.2, 0.25) is 0 Å². The summed E-state index contributed by atoms with van der Waals surface area (Å²) in [6.45, 7) is 5.36. The largest absolute Gasteiger partial charge is 0.609 e. The van der Waals surface area contributed by atoms with Crippen LogP contribution in [0.5, 0.6) is 0 Å². The van der Waals surface area contributed by atoms with Gasteiger partial charge in [-0.05, 0) is 33.3 Å². The van der Waals surface area contributed by atoms with Gasteiger partial charge in [0.1, 0.15) is 6.00 Å². The maximum absolute atomic E-state index is 11.6. The summed E-state index contributed by atoms with van der Waals surface area (Å²) in [5.74, 6) is 0. The quantitative estimate of drug-likeness (QED) is 0.583. The molecule has 2 aliphatic heterocycles. The van der Waals surface area contributed by atoms with Crippen molar-refractivity contribution in [2.24, 2.45) is 0 Å². The van der Waals surface area contributed by atoms with E-state index in [4.69, 9.17) is 18.7 Å². The van der Waals surface area contributed by atoms with Gasteiger partial charge in [0.15, 0.2) is 0 Å². The van der Waals surface area contributed by atoms with Gasteiger partial charge >= 0.3 is 12.9 Å². The second-order valence-electron chi connectivity index (χ2n) is 6.27. The van der Waals surface area contributed by atoms with Gasteiger partial charge < -0.3 is 18.7 Å². The molecule has 1 atom stereocenters. The van der Waals surface area contributed by atoms with E-state index in [9.17, 15) is 4.79 Å². The van der Waals surface area contributed by atoms with Crippen LogP contribution in [0.25, 0.3) is 0 Å². The van der Waals surface area contributed by atoms with Crippen LogP contribution in [-0.4, -0.2) is 24.1 Å². The lowest BCUT2D eigenvalue weighted by atomic mass is 9.68. The highest BCUT2D eigenvalue weighted by Gasteiger charge is 2.63. The lowest BCUT2D eigenvalue weighted by Crippen LogP contribution is -2.45. The fraction of sp³-hybridized carbons (Fsp3) is 0.500. The van der Waals surface area contributed by atoms with E-state index in [-0.39, 0.29) is 0 Å². The molecular weight excluding hydrogens is 259 g/mol. The number of hydrogen-bond donors (Lipinski definition) is 0. The fourth-order valence-corrected chi connectivity index (χ4v) is 2.66. The summed E-state index contributed by atoms with van der Waals surface area (Å²) in [7, 11) is 0. The second kappa shape index (κ2) is 3.99. The second-order valence-corrected chi connectivity index (χ2v) is 6.27. The molecule has 0 amide bonds. The van der Waals surface area contributed by atoms with Gasteiger partial charge in [-0.15, -0.1) is 0 Å². The zero-order valence-corrected chi connectivity index (χ0v) is 12.1. The number of hydrogen-bond acceptors (Lipinski definition) is 5. The third-order valence-corrected chi connectivity index (χ3v) is 4.35. The van der Waals surface area contributed by atoms with Crippen LogP contribution in [0.2, 0.25) is 0 Å². The van der Waals surface area contributed by atoms with Crippen LogP contribution < -0.4 is 0 Å². The summed E-state index contributed by atoms with van der Waals surface area (Å²) in [6.07, 6.45) is -0.757. The zero-order valence-electron chi connectivity index (χ0n) is 12.1. The SMILES string of the molecule is CC1(C)O[B-]2(OC(=O)OC2c2ccccc2)OC1(C)C. The van der Waals surface area contributed by atoms with Crippen molar-refractivity contribution in [1.29, 1.82) is 0 Å². The first-order valence-electron chi connectivity index (χ1n) is 6.75. The molecule has 1 aromatic carbocycles. The minimum Gasteiger partial charge on any atom is -0.609 e. The van der Waals surface area contributed by atoms with E-state index < -0.39 is 30.1 Å². The summed E-state index contributed by atoms with van der Waals surface area (Å²) < 4.78 is 22.6. The van der Waals surface area contributed by atoms with E-state index in [1.54, 1.807) is 0 Å². The summed E-state index contributed by atoms with van der Waals surface area (Å²) >= 11 is 0. The third-order valence-electron chi connectivity index (χ3n) is 4.35. The molecule has 0 radical (unpaired) electrons. The van der Waals surface area contributed by atoms with Crippen LogP contribution >= 0.6 is 0 Å². The zero-order chi connectivity index (χ0) is 14.6. The molecule has 20 heavy (non-hydrogen) atoms. The minimum absolute atomic E-state index is 0.589. The van der Waals surface area contributed by atoms with Crippen LogP contribution in [0.15, 0.2) is 30.3 Å².